The SMILES string of the molecule is Nc1nc(C(F)F)cc(CCl)c1C=O. The van der Waals surface area contributed by atoms with Crippen LogP contribution in [0.15, 0.2) is 6.07 Å². The van der Waals surface area contributed by atoms with Crippen molar-refractivity contribution in [2.24, 2.45) is 0 Å². The van der Waals surface area contributed by atoms with Crippen LogP contribution in [0.25, 0.3) is 0 Å². The number of carbonyl (C=O) groups is 1. The minimum absolute atomic E-state index is 0.0550. The van der Waals surface area contributed by atoms with Crippen molar-refractivity contribution < 1.29 is 13.6 Å². The molecule has 1 heterocycles. The number of nitrogen functional groups attached to an aromatic ring is 1. The summed E-state index contributed by atoms with van der Waals surface area (Å²) in [7, 11) is 0. The number of carbonyl (C=O) groups excluding carboxylic acids is 1. The zero-order chi connectivity index (χ0) is 10.7. The van der Waals surface area contributed by atoms with E-state index in [2.05, 4.69) is 4.98 Å². The van der Waals surface area contributed by atoms with Crippen LogP contribution in [-0.4, -0.2) is 11.3 Å². The molecule has 0 saturated carbocycles. The van der Waals surface area contributed by atoms with E-state index in [-0.39, 0.29) is 22.8 Å². The van der Waals surface area contributed by atoms with Crippen LogP contribution in [0.1, 0.15) is 28.0 Å². The van der Waals surface area contributed by atoms with Crippen molar-refractivity contribution in [3.8, 4) is 0 Å². The molecular formula is C8H7ClF2N2O. The molecule has 0 aliphatic carbocycles. The van der Waals surface area contributed by atoms with Gasteiger partial charge in [-0.1, -0.05) is 0 Å². The molecule has 0 amide bonds. The van der Waals surface area contributed by atoms with E-state index in [1.807, 2.05) is 0 Å². The maximum absolute atomic E-state index is 12.2. The number of rotatable bonds is 3. The van der Waals surface area contributed by atoms with Crippen molar-refractivity contribution in [2.45, 2.75) is 12.3 Å². The maximum atomic E-state index is 12.2. The molecule has 0 fully saturated rings. The Balaban J connectivity index is 3.31. The molecule has 2 N–H and O–H groups in total. The van der Waals surface area contributed by atoms with Crippen molar-refractivity contribution in [3.05, 3.63) is 22.9 Å². The first-order valence-corrected chi connectivity index (χ1v) is 4.22. The monoisotopic (exact) mass is 220 g/mol. The van der Waals surface area contributed by atoms with Crippen LogP contribution in [0.2, 0.25) is 0 Å². The molecule has 0 bridgehead atoms. The molecule has 0 saturated heterocycles. The Morgan fingerprint density at radius 1 is 1.64 bits per heavy atom. The summed E-state index contributed by atoms with van der Waals surface area (Å²) in [4.78, 5) is 13.9. The molecule has 0 aliphatic heterocycles. The van der Waals surface area contributed by atoms with Crippen molar-refractivity contribution in [1.29, 1.82) is 0 Å². The van der Waals surface area contributed by atoms with Crippen LogP contribution < -0.4 is 5.73 Å². The van der Waals surface area contributed by atoms with Gasteiger partial charge < -0.3 is 5.73 Å². The summed E-state index contributed by atoms with van der Waals surface area (Å²) >= 11 is 5.47. The largest absolute Gasteiger partial charge is 0.383 e. The highest BCUT2D eigenvalue weighted by molar-refractivity contribution is 6.17. The minimum atomic E-state index is -2.72. The summed E-state index contributed by atoms with van der Waals surface area (Å²) in [6.45, 7) is 0. The molecule has 0 aliphatic rings. The van der Waals surface area contributed by atoms with Crippen LogP contribution in [-0.2, 0) is 5.88 Å². The van der Waals surface area contributed by atoms with Gasteiger partial charge in [0, 0.05) is 5.88 Å². The fraction of sp³-hybridized carbons (Fsp3) is 0.250. The van der Waals surface area contributed by atoms with Crippen molar-refractivity contribution in [3.63, 3.8) is 0 Å². The van der Waals surface area contributed by atoms with Crippen LogP contribution in [0.3, 0.4) is 0 Å². The number of hydrogen-bond acceptors (Lipinski definition) is 3. The highest BCUT2D eigenvalue weighted by Gasteiger charge is 2.14. The second-order valence-corrected chi connectivity index (χ2v) is 2.82. The van der Waals surface area contributed by atoms with E-state index in [1.54, 1.807) is 0 Å². The van der Waals surface area contributed by atoms with Gasteiger partial charge in [-0.25, -0.2) is 13.8 Å². The van der Waals surface area contributed by atoms with Gasteiger partial charge in [0.2, 0.25) is 0 Å². The van der Waals surface area contributed by atoms with Gasteiger partial charge in [0.25, 0.3) is 6.43 Å². The third kappa shape index (κ3) is 1.98. The lowest BCUT2D eigenvalue weighted by Crippen LogP contribution is -2.04. The molecule has 0 aromatic carbocycles. The van der Waals surface area contributed by atoms with Crippen LogP contribution >= 0.6 is 11.6 Å². The van der Waals surface area contributed by atoms with Gasteiger partial charge in [-0.3, -0.25) is 4.79 Å². The first-order valence-electron chi connectivity index (χ1n) is 3.68. The average molecular weight is 221 g/mol. The number of nitrogens with two attached hydrogens (primary N) is 1. The summed E-state index contributed by atoms with van der Waals surface area (Å²) in [6, 6.07) is 1.08. The van der Waals surface area contributed by atoms with Crippen LogP contribution in [0.5, 0.6) is 0 Å². The molecule has 0 atom stereocenters. The Kier molecular flexibility index (Phi) is 3.35. The number of nitrogens with zero attached hydrogens (tertiary/aromatic N) is 1. The number of aromatic nitrogens is 1. The summed E-state index contributed by atoms with van der Waals surface area (Å²) in [5, 5.41) is 0. The van der Waals surface area contributed by atoms with E-state index >= 15 is 0 Å². The van der Waals surface area contributed by atoms with E-state index in [1.165, 1.54) is 0 Å². The third-order valence-electron chi connectivity index (χ3n) is 1.68. The third-order valence-corrected chi connectivity index (χ3v) is 1.97. The van der Waals surface area contributed by atoms with E-state index in [0.29, 0.717) is 6.29 Å². The molecule has 76 valence electrons. The maximum Gasteiger partial charge on any atom is 0.280 e. The minimum Gasteiger partial charge on any atom is -0.383 e. The Morgan fingerprint density at radius 3 is 2.71 bits per heavy atom. The second kappa shape index (κ2) is 4.32. The van der Waals surface area contributed by atoms with Gasteiger partial charge in [0.05, 0.1) is 5.56 Å². The van der Waals surface area contributed by atoms with Crippen molar-refractivity contribution in [1.82, 2.24) is 4.98 Å². The molecule has 1 aromatic rings. The molecule has 6 heteroatoms. The Morgan fingerprint density at radius 2 is 2.29 bits per heavy atom. The zero-order valence-corrected chi connectivity index (χ0v) is 7.76. The fourth-order valence-corrected chi connectivity index (χ4v) is 1.23. The number of hydrogen-bond donors (Lipinski definition) is 1. The van der Waals surface area contributed by atoms with Gasteiger partial charge in [-0.15, -0.1) is 11.6 Å². The lowest BCUT2D eigenvalue weighted by Gasteiger charge is -2.07. The number of alkyl halides is 3. The van der Waals surface area contributed by atoms with Crippen LogP contribution in [0, 0.1) is 0 Å². The van der Waals surface area contributed by atoms with Gasteiger partial charge in [0.15, 0.2) is 6.29 Å². The Bertz CT molecular complexity index is 357. The lowest BCUT2D eigenvalue weighted by atomic mass is 10.1. The topological polar surface area (TPSA) is 56.0 Å². The molecule has 14 heavy (non-hydrogen) atoms. The predicted octanol–water partition coefficient (Wildman–Crippen LogP) is 2.15. The molecule has 0 radical (unpaired) electrons. The summed E-state index contributed by atoms with van der Waals surface area (Å²) in [6.07, 6.45) is -2.27. The Labute approximate surface area is 83.9 Å². The summed E-state index contributed by atoms with van der Waals surface area (Å²) < 4.78 is 24.5. The fourth-order valence-electron chi connectivity index (χ4n) is 1.01. The lowest BCUT2D eigenvalue weighted by molar-refractivity contribution is 0.112. The Hall–Kier alpha value is -1.23. The predicted molar refractivity (Wildman–Crippen MR) is 48.6 cm³/mol. The summed E-state index contributed by atoms with van der Waals surface area (Å²) in [5.74, 6) is -0.269. The average Bonchev–Trinajstić information content (AvgIpc) is 2.16. The van der Waals surface area contributed by atoms with E-state index in [4.69, 9.17) is 17.3 Å². The number of anilines is 1. The normalized spacial score (nSPS) is 10.6. The van der Waals surface area contributed by atoms with E-state index in [9.17, 15) is 13.6 Å². The molecule has 1 rings (SSSR count). The highest BCUT2D eigenvalue weighted by atomic mass is 35.5. The van der Waals surface area contributed by atoms with Gasteiger partial charge in [0.1, 0.15) is 11.5 Å². The number of halogens is 3. The van der Waals surface area contributed by atoms with E-state index in [0.717, 1.165) is 6.07 Å². The molecule has 0 spiro atoms. The van der Waals surface area contributed by atoms with Gasteiger partial charge in [-0.05, 0) is 11.6 Å². The van der Waals surface area contributed by atoms with Crippen molar-refractivity contribution >= 4 is 23.7 Å². The van der Waals surface area contributed by atoms with Gasteiger partial charge in [-0.2, -0.15) is 0 Å². The quantitative estimate of drug-likeness (QED) is 0.627. The molecule has 3 nitrogen and oxygen atoms in total. The molecule has 1 aromatic heterocycles. The smallest absolute Gasteiger partial charge is 0.280 e. The van der Waals surface area contributed by atoms with E-state index < -0.39 is 12.1 Å². The van der Waals surface area contributed by atoms with Crippen molar-refractivity contribution in [2.75, 3.05) is 5.73 Å². The number of aldehydes is 1. The standard InChI is InChI=1S/C8H7ClF2N2O/c9-2-4-1-6(7(10)11)13-8(12)5(4)3-14/h1,3,7H,2H2,(H2,12,13). The number of pyridine rings is 1. The second-order valence-electron chi connectivity index (χ2n) is 2.56. The first kappa shape index (κ1) is 10.8. The highest BCUT2D eigenvalue weighted by Crippen LogP contribution is 2.23. The first-order chi connectivity index (χ1) is 6.60. The zero-order valence-electron chi connectivity index (χ0n) is 7.01. The van der Waals surface area contributed by atoms with Crippen LogP contribution in [0.4, 0.5) is 14.6 Å². The molecular weight excluding hydrogens is 214 g/mol. The summed E-state index contributed by atoms with van der Waals surface area (Å²) in [5.41, 5.74) is 5.18. The van der Waals surface area contributed by atoms with Gasteiger partial charge >= 0.3 is 0 Å². The molecule has 0 unspecified atom stereocenters.